The molecule has 1 saturated heterocycles. The smallest absolute Gasteiger partial charge is 0.304 e. The van der Waals surface area contributed by atoms with E-state index in [0.29, 0.717) is 5.69 Å². The fourth-order valence-corrected chi connectivity index (χ4v) is 3.73. The lowest BCUT2D eigenvalue weighted by Crippen LogP contribution is -2.44. The van der Waals surface area contributed by atoms with Crippen molar-refractivity contribution in [3.63, 3.8) is 0 Å². The molecule has 4 nitrogen and oxygen atoms in total. The Morgan fingerprint density at radius 2 is 1.68 bits per heavy atom. The molecule has 0 atom stereocenters. The topological polar surface area (TPSA) is 47.3 Å². The van der Waals surface area contributed by atoms with Crippen molar-refractivity contribution in [2.75, 3.05) is 9.80 Å². The second-order valence-electron chi connectivity index (χ2n) is 6.67. The van der Waals surface area contributed by atoms with Crippen LogP contribution in [-0.4, -0.2) is 16.6 Å². The van der Waals surface area contributed by atoms with Crippen molar-refractivity contribution in [1.29, 1.82) is 5.26 Å². The van der Waals surface area contributed by atoms with E-state index >= 15 is 0 Å². The molecule has 1 amide bonds. The Bertz CT molecular complexity index is 1010. The Balaban J connectivity index is 2.11. The van der Waals surface area contributed by atoms with Crippen molar-refractivity contribution in [2.24, 2.45) is 0 Å². The van der Waals surface area contributed by atoms with Crippen molar-refractivity contribution in [3.05, 3.63) is 53.6 Å². The van der Waals surface area contributed by atoms with Gasteiger partial charge in [0, 0.05) is 10.6 Å². The molecule has 9 heteroatoms. The Labute approximate surface area is 170 Å². The highest BCUT2D eigenvalue weighted by Gasteiger charge is 2.50. The number of carbonyl (C=O) groups is 1. The summed E-state index contributed by atoms with van der Waals surface area (Å²) in [5.74, 6) is -0.467. The van der Waals surface area contributed by atoms with Gasteiger partial charge in [-0.15, -0.1) is 12.6 Å². The second-order valence-corrected chi connectivity index (χ2v) is 7.55. The van der Waals surface area contributed by atoms with E-state index in [4.69, 9.17) is 17.5 Å². The van der Waals surface area contributed by atoms with Crippen LogP contribution in [0.5, 0.6) is 0 Å². The Hall–Kier alpha value is -2.57. The van der Waals surface area contributed by atoms with E-state index in [9.17, 15) is 18.0 Å². The zero-order valence-corrected chi connectivity index (χ0v) is 16.5. The molecule has 0 saturated carbocycles. The van der Waals surface area contributed by atoms with Crippen LogP contribution in [0.1, 0.15) is 25.0 Å². The normalized spacial score (nSPS) is 16.5. The fourth-order valence-electron chi connectivity index (χ4n) is 3.06. The number of hydrogen-bond acceptors (Lipinski definition) is 4. The lowest BCUT2D eigenvalue weighted by atomic mass is 10.0. The van der Waals surface area contributed by atoms with Crippen LogP contribution in [0.25, 0.3) is 0 Å². The molecule has 3 rings (SSSR count). The molecule has 1 aliphatic rings. The Morgan fingerprint density at radius 3 is 2.21 bits per heavy atom. The minimum atomic E-state index is -4.73. The van der Waals surface area contributed by atoms with E-state index in [1.807, 2.05) is 0 Å². The maximum Gasteiger partial charge on any atom is 0.417 e. The third-order valence-corrected chi connectivity index (χ3v) is 5.13. The maximum atomic E-state index is 13.3. The first-order chi connectivity index (χ1) is 13.0. The minimum Gasteiger partial charge on any atom is -0.304 e. The monoisotopic (exact) mass is 421 g/mol. The van der Waals surface area contributed by atoms with Gasteiger partial charge in [-0.1, -0.05) is 0 Å². The molecule has 0 aliphatic carbocycles. The summed E-state index contributed by atoms with van der Waals surface area (Å²) >= 11 is 9.68. The number of alkyl halides is 3. The van der Waals surface area contributed by atoms with Gasteiger partial charge in [0.15, 0.2) is 5.11 Å². The quantitative estimate of drug-likeness (QED) is 0.560. The van der Waals surface area contributed by atoms with Crippen molar-refractivity contribution in [2.45, 2.75) is 30.5 Å². The summed E-state index contributed by atoms with van der Waals surface area (Å²) in [4.78, 5) is 16.4. The summed E-state index contributed by atoms with van der Waals surface area (Å²) in [5.41, 5.74) is -2.16. The van der Waals surface area contributed by atoms with Crippen LogP contribution < -0.4 is 9.80 Å². The van der Waals surface area contributed by atoms with Gasteiger partial charge in [0.2, 0.25) is 0 Å². The van der Waals surface area contributed by atoms with Gasteiger partial charge in [0.05, 0.1) is 22.9 Å². The average molecular weight is 421 g/mol. The molecule has 1 fully saturated rings. The number of nitriles is 1. The maximum absolute atomic E-state index is 13.3. The Morgan fingerprint density at radius 1 is 1.11 bits per heavy atom. The van der Waals surface area contributed by atoms with Gasteiger partial charge in [-0.2, -0.15) is 18.4 Å². The molecule has 0 radical (unpaired) electrons. The lowest BCUT2D eigenvalue weighted by molar-refractivity contribution is -0.137. The fraction of sp³-hybridized carbons (Fsp3) is 0.211. The number of hydrogen-bond donors (Lipinski definition) is 1. The van der Waals surface area contributed by atoms with Gasteiger partial charge in [0.25, 0.3) is 5.91 Å². The second kappa shape index (κ2) is 6.79. The molecular formula is C19H14F3N3OS2. The highest BCUT2D eigenvalue weighted by atomic mass is 32.1. The number of anilines is 2. The zero-order valence-electron chi connectivity index (χ0n) is 14.8. The van der Waals surface area contributed by atoms with Crippen LogP contribution in [0.4, 0.5) is 24.5 Å². The molecular weight excluding hydrogens is 407 g/mol. The van der Waals surface area contributed by atoms with Crippen LogP contribution in [-0.2, 0) is 11.0 Å². The van der Waals surface area contributed by atoms with Gasteiger partial charge in [-0.05, 0) is 68.5 Å². The molecule has 0 unspecified atom stereocenters. The molecule has 0 N–H and O–H groups in total. The van der Waals surface area contributed by atoms with E-state index in [1.165, 1.54) is 12.1 Å². The summed E-state index contributed by atoms with van der Waals surface area (Å²) in [6.07, 6.45) is -4.73. The predicted molar refractivity (Wildman–Crippen MR) is 106 cm³/mol. The summed E-state index contributed by atoms with van der Waals surface area (Å²) < 4.78 is 40.0. The van der Waals surface area contributed by atoms with Crippen LogP contribution in [0.3, 0.4) is 0 Å². The number of benzene rings is 2. The van der Waals surface area contributed by atoms with Crippen molar-refractivity contribution < 1.29 is 18.0 Å². The van der Waals surface area contributed by atoms with Gasteiger partial charge in [-0.3, -0.25) is 9.69 Å². The SMILES string of the molecule is CC1(C)C(=O)N(c2ccc(C#N)c(C(F)(F)F)c2)C(=S)N1c1ccc(S)cc1. The van der Waals surface area contributed by atoms with Gasteiger partial charge >= 0.3 is 6.18 Å². The molecule has 0 aromatic heterocycles. The van der Waals surface area contributed by atoms with E-state index in [2.05, 4.69) is 12.6 Å². The van der Waals surface area contributed by atoms with E-state index in [-0.39, 0.29) is 10.8 Å². The average Bonchev–Trinajstić information content (AvgIpc) is 2.79. The van der Waals surface area contributed by atoms with Crippen LogP contribution in [0.2, 0.25) is 0 Å². The number of thiocarbonyl (C=S) groups is 1. The first-order valence-corrected chi connectivity index (χ1v) is 8.93. The van der Waals surface area contributed by atoms with E-state index < -0.39 is 28.7 Å². The molecule has 2 aromatic rings. The number of carbonyl (C=O) groups excluding carboxylic acids is 1. The highest BCUT2D eigenvalue weighted by molar-refractivity contribution is 7.81. The number of nitrogens with zero attached hydrogens (tertiary/aromatic N) is 3. The van der Waals surface area contributed by atoms with Crippen molar-refractivity contribution in [3.8, 4) is 6.07 Å². The molecule has 0 spiro atoms. The van der Waals surface area contributed by atoms with Crippen LogP contribution in [0.15, 0.2) is 47.4 Å². The number of rotatable bonds is 2. The van der Waals surface area contributed by atoms with Gasteiger partial charge in [0.1, 0.15) is 5.54 Å². The molecule has 144 valence electrons. The van der Waals surface area contributed by atoms with Gasteiger partial charge < -0.3 is 4.90 Å². The number of thiol groups is 1. The molecule has 1 aliphatic heterocycles. The third kappa shape index (κ3) is 3.23. The third-order valence-electron chi connectivity index (χ3n) is 4.46. The molecule has 28 heavy (non-hydrogen) atoms. The van der Waals surface area contributed by atoms with Crippen LogP contribution >= 0.6 is 24.8 Å². The van der Waals surface area contributed by atoms with E-state index in [0.717, 1.165) is 21.9 Å². The number of amides is 1. The molecule has 0 bridgehead atoms. The summed E-state index contributed by atoms with van der Waals surface area (Å²) in [7, 11) is 0. The minimum absolute atomic E-state index is 0.0392. The summed E-state index contributed by atoms with van der Waals surface area (Å²) in [5, 5.41) is 9.02. The zero-order chi connectivity index (χ0) is 20.9. The standard InChI is InChI=1S/C19H14F3N3OS2/c1-18(2)16(26)24(17(28)25(18)12-5-7-14(27)8-6-12)13-4-3-11(10-23)15(9-13)19(20,21)22/h3-9,27H,1-2H3. The summed E-state index contributed by atoms with van der Waals surface area (Å²) in [6, 6.07) is 11.5. The molecule has 2 aromatic carbocycles. The lowest BCUT2D eigenvalue weighted by Gasteiger charge is -2.29. The predicted octanol–water partition coefficient (Wildman–Crippen LogP) is 4.78. The first-order valence-electron chi connectivity index (χ1n) is 8.07. The largest absolute Gasteiger partial charge is 0.417 e. The van der Waals surface area contributed by atoms with Crippen molar-refractivity contribution in [1.82, 2.24) is 0 Å². The Kier molecular flexibility index (Phi) is 4.89. The van der Waals surface area contributed by atoms with Crippen LogP contribution in [0, 0.1) is 11.3 Å². The van der Waals surface area contributed by atoms with Gasteiger partial charge in [-0.25, -0.2) is 0 Å². The first kappa shape index (κ1) is 20.2. The van der Waals surface area contributed by atoms with E-state index in [1.54, 1.807) is 43.0 Å². The molecule has 1 heterocycles. The van der Waals surface area contributed by atoms with Crippen molar-refractivity contribution >= 4 is 47.2 Å². The highest BCUT2D eigenvalue weighted by Crippen LogP contribution is 2.39. The summed E-state index contributed by atoms with van der Waals surface area (Å²) in [6.45, 7) is 3.29. The number of halogens is 3.